The molecular formula is C23H31N7O2. The van der Waals surface area contributed by atoms with Gasteiger partial charge in [0.25, 0.3) is 0 Å². The second-order valence-corrected chi connectivity index (χ2v) is 7.53. The molecule has 1 fully saturated rings. The number of H-pyrrole nitrogens is 1. The number of para-hydroxylation sites is 1. The normalized spacial score (nSPS) is 14.8. The molecule has 0 atom stereocenters. The molecule has 1 aliphatic heterocycles. The van der Waals surface area contributed by atoms with Crippen molar-refractivity contribution >= 4 is 28.8 Å². The summed E-state index contributed by atoms with van der Waals surface area (Å²) < 4.78 is 11.3. The van der Waals surface area contributed by atoms with Crippen LogP contribution in [-0.2, 0) is 4.74 Å². The molecule has 1 saturated heterocycles. The van der Waals surface area contributed by atoms with Crippen LogP contribution in [0.2, 0.25) is 0 Å². The predicted octanol–water partition coefficient (Wildman–Crippen LogP) is 2.96. The Balaban J connectivity index is 1.45. The van der Waals surface area contributed by atoms with Gasteiger partial charge in [-0.05, 0) is 19.9 Å². The molecule has 0 radical (unpaired) electrons. The molecule has 0 bridgehead atoms. The molecule has 170 valence electrons. The third-order valence-electron chi connectivity index (χ3n) is 5.53. The van der Waals surface area contributed by atoms with E-state index in [1.165, 1.54) is 0 Å². The number of morpholine rings is 1. The lowest BCUT2D eigenvalue weighted by atomic mass is 10.2. The van der Waals surface area contributed by atoms with Gasteiger partial charge in [-0.2, -0.15) is 15.1 Å². The Bertz CT molecular complexity index is 1030. The third-order valence-corrected chi connectivity index (χ3v) is 5.53. The SMILES string of the molecule is CCN(CC)c1cc(N/N=C\c2c[nH]c3ccccc23)nc(OCCN2CCOCC2)n1. The maximum atomic E-state index is 5.91. The van der Waals surface area contributed by atoms with Crippen LogP contribution < -0.4 is 15.1 Å². The minimum absolute atomic E-state index is 0.354. The van der Waals surface area contributed by atoms with Crippen LogP contribution in [0.15, 0.2) is 41.6 Å². The summed E-state index contributed by atoms with van der Waals surface area (Å²) in [5.41, 5.74) is 5.13. The summed E-state index contributed by atoms with van der Waals surface area (Å²) in [6, 6.07) is 10.4. The van der Waals surface area contributed by atoms with Crippen molar-refractivity contribution in [3.8, 4) is 6.01 Å². The number of rotatable bonds is 10. The molecule has 2 aromatic heterocycles. The largest absolute Gasteiger partial charge is 0.462 e. The van der Waals surface area contributed by atoms with Gasteiger partial charge in [0, 0.05) is 61.5 Å². The van der Waals surface area contributed by atoms with Crippen molar-refractivity contribution in [3.63, 3.8) is 0 Å². The molecular weight excluding hydrogens is 406 g/mol. The van der Waals surface area contributed by atoms with E-state index in [2.05, 4.69) is 55.2 Å². The van der Waals surface area contributed by atoms with E-state index in [4.69, 9.17) is 9.47 Å². The van der Waals surface area contributed by atoms with Gasteiger partial charge in [0.1, 0.15) is 12.4 Å². The molecule has 9 heteroatoms. The van der Waals surface area contributed by atoms with Crippen molar-refractivity contribution in [2.24, 2.45) is 5.10 Å². The number of aromatic nitrogens is 3. The monoisotopic (exact) mass is 437 g/mol. The fourth-order valence-electron chi connectivity index (χ4n) is 3.70. The van der Waals surface area contributed by atoms with E-state index in [0.29, 0.717) is 18.4 Å². The Hall–Kier alpha value is -3.17. The molecule has 1 aliphatic rings. The third kappa shape index (κ3) is 5.54. The van der Waals surface area contributed by atoms with Gasteiger partial charge in [-0.3, -0.25) is 10.3 Å². The molecule has 2 N–H and O–H groups in total. The fourth-order valence-corrected chi connectivity index (χ4v) is 3.70. The van der Waals surface area contributed by atoms with Crippen LogP contribution in [0, 0.1) is 0 Å². The van der Waals surface area contributed by atoms with Crippen LogP contribution in [0.25, 0.3) is 10.9 Å². The van der Waals surface area contributed by atoms with Crippen LogP contribution in [-0.4, -0.2) is 78.6 Å². The first-order chi connectivity index (χ1) is 15.8. The standard InChI is InChI=1S/C23H31N7O2/c1-3-30(4-2)22-15-21(26-23(27-22)32-14-11-29-9-12-31-13-10-29)28-25-17-18-16-24-20-8-6-5-7-19(18)20/h5-8,15-17,24H,3-4,9-14H2,1-2H3,(H,26,27,28)/b25-17-. The first-order valence-corrected chi connectivity index (χ1v) is 11.2. The molecule has 0 saturated carbocycles. The van der Waals surface area contributed by atoms with E-state index >= 15 is 0 Å². The molecule has 32 heavy (non-hydrogen) atoms. The Morgan fingerprint density at radius 1 is 1.22 bits per heavy atom. The summed E-state index contributed by atoms with van der Waals surface area (Å²) in [6.07, 6.45) is 3.73. The zero-order valence-corrected chi connectivity index (χ0v) is 18.8. The molecule has 0 aliphatic carbocycles. The maximum absolute atomic E-state index is 5.91. The van der Waals surface area contributed by atoms with Gasteiger partial charge >= 0.3 is 6.01 Å². The van der Waals surface area contributed by atoms with E-state index in [-0.39, 0.29) is 0 Å². The number of nitrogens with zero attached hydrogens (tertiary/aromatic N) is 5. The van der Waals surface area contributed by atoms with E-state index < -0.39 is 0 Å². The van der Waals surface area contributed by atoms with E-state index in [1.807, 2.05) is 30.5 Å². The van der Waals surface area contributed by atoms with Gasteiger partial charge in [0.2, 0.25) is 0 Å². The molecule has 3 heterocycles. The summed E-state index contributed by atoms with van der Waals surface area (Å²) in [5.74, 6) is 1.41. The Labute approximate surface area is 188 Å². The van der Waals surface area contributed by atoms with Crippen molar-refractivity contribution in [1.82, 2.24) is 19.9 Å². The highest BCUT2D eigenvalue weighted by molar-refractivity contribution is 5.99. The number of hydrazone groups is 1. The number of ether oxygens (including phenoxy) is 2. The number of hydrogen-bond donors (Lipinski definition) is 2. The fraction of sp³-hybridized carbons (Fsp3) is 0.435. The van der Waals surface area contributed by atoms with E-state index in [0.717, 1.165) is 68.2 Å². The Kier molecular flexibility index (Phi) is 7.52. The number of hydrogen-bond acceptors (Lipinski definition) is 8. The highest BCUT2D eigenvalue weighted by atomic mass is 16.5. The molecule has 0 unspecified atom stereocenters. The van der Waals surface area contributed by atoms with Gasteiger partial charge in [-0.25, -0.2) is 0 Å². The van der Waals surface area contributed by atoms with Crippen molar-refractivity contribution in [2.75, 3.05) is 62.9 Å². The predicted molar refractivity (Wildman–Crippen MR) is 128 cm³/mol. The average molecular weight is 438 g/mol. The molecule has 9 nitrogen and oxygen atoms in total. The number of aromatic amines is 1. The summed E-state index contributed by atoms with van der Waals surface area (Å²) >= 11 is 0. The topological polar surface area (TPSA) is 90.9 Å². The van der Waals surface area contributed by atoms with Gasteiger partial charge in [0.15, 0.2) is 5.82 Å². The minimum atomic E-state index is 0.354. The molecule has 1 aromatic carbocycles. The average Bonchev–Trinajstić information content (AvgIpc) is 3.24. The van der Waals surface area contributed by atoms with Crippen LogP contribution in [0.3, 0.4) is 0 Å². The summed E-state index contributed by atoms with van der Waals surface area (Å²) in [6.45, 7) is 10.7. The van der Waals surface area contributed by atoms with Crippen molar-refractivity contribution in [3.05, 3.63) is 42.1 Å². The second-order valence-electron chi connectivity index (χ2n) is 7.53. The first kappa shape index (κ1) is 22.0. The first-order valence-electron chi connectivity index (χ1n) is 11.2. The molecule has 0 spiro atoms. The minimum Gasteiger partial charge on any atom is -0.462 e. The van der Waals surface area contributed by atoms with Gasteiger partial charge in [-0.15, -0.1) is 0 Å². The number of fused-ring (bicyclic) bond motifs is 1. The van der Waals surface area contributed by atoms with Gasteiger partial charge in [-0.1, -0.05) is 18.2 Å². The quantitative estimate of drug-likeness (QED) is 0.372. The summed E-state index contributed by atoms with van der Waals surface area (Å²) in [5, 5.41) is 5.52. The highest BCUT2D eigenvalue weighted by Gasteiger charge is 2.13. The lowest BCUT2D eigenvalue weighted by molar-refractivity contribution is 0.0317. The maximum Gasteiger partial charge on any atom is 0.320 e. The number of nitrogens with one attached hydrogen (secondary N) is 2. The lowest BCUT2D eigenvalue weighted by Gasteiger charge is -2.26. The van der Waals surface area contributed by atoms with Gasteiger partial charge in [0.05, 0.1) is 19.4 Å². The number of benzene rings is 1. The zero-order valence-electron chi connectivity index (χ0n) is 18.8. The van der Waals surface area contributed by atoms with Crippen LogP contribution in [0.1, 0.15) is 19.4 Å². The molecule has 3 aromatic rings. The summed E-state index contributed by atoms with van der Waals surface area (Å²) in [7, 11) is 0. The van der Waals surface area contributed by atoms with Crippen LogP contribution in [0.4, 0.5) is 11.6 Å². The smallest absolute Gasteiger partial charge is 0.320 e. The van der Waals surface area contributed by atoms with Gasteiger partial charge < -0.3 is 19.4 Å². The Morgan fingerprint density at radius 2 is 2.03 bits per heavy atom. The second kappa shape index (κ2) is 10.9. The van der Waals surface area contributed by atoms with Crippen LogP contribution >= 0.6 is 0 Å². The Morgan fingerprint density at radius 3 is 2.84 bits per heavy atom. The van der Waals surface area contributed by atoms with Crippen molar-refractivity contribution in [2.45, 2.75) is 13.8 Å². The highest BCUT2D eigenvalue weighted by Crippen LogP contribution is 2.20. The van der Waals surface area contributed by atoms with Crippen LogP contribution in [0.5, 0.6) is 6.01 Å². The van der Waals surface area contributed by atoms with E-state index in [9.17, 15) is 0 Å². The van der Waals surface area contributed by atoms with Crippen molar-refractivity contribution < 1.29 is 9.47 Å². The molecule has 4 rings (SSSR count). The number of anilines is 2. The lowest BCUT2D eigenvalue weighted by Crippen LogP contribution is -2.38. The zero-order chi connectivity index (χ0) is 22.2. The van der Waals surface area contributed by atoms with E-state index in [1.54, 1.807) is 6.21 Å². The summed E-state index contributed by atoms with van der Waals surface area (Å²) in [4.78, 5) is 16.9. The molecule has 0 amide bonds. The van der Waals surface area contributed by atoms with Crippen molar-refractivity contribution in [1.29, 1.82) is 0 Å².